The normalized spacial score (nSPS) is 18.2. The molecular weight excluding hydrogens is 342 g/mol. The van der Waals surface area contributed by atoms with Crippen molar-refractivity contribution < 1.29 is 14.3 Å². The van der Waals surface area contributed by atoms with Gasteiger partial charge in [-0.1, -0.05) is 12.1 Å². The van der Waals surface area contributed by atoms with Crippen molar-refractivity contribution in [3.63, 3.8) is 0 Å². The number of benzene rings is 2. The summed E-state index contributed by atoms with van der Waals surface area (Å²) in [6, 6.07) is 11.8. The molecule has 27 heavy (non-hydrogen) atoms. The Morgan fingerprint density at radius 3 is 2.59 bits per heavy atom. The molecule has 1 atom stereocenters. The molecule has 1 aromatic heterocycles. The molecule has 3 heterocycles. The number of carbonyl (C=O) groups is 1. The Bertz CT molecular complexity index is 1070. The predicted molar refractivity (Wildman–Crippen MR) is 104 cm³/mol. The molecule has 0 spiro atoms. The number of hydrogen-bond donors (Lipinski definition) is 1. The number of ether oxygens (including phenoxy) is 2. The van der Waals surface area contributed by atoms with E-state index < -0.39 is 0 Å². The lowest BCUT2D eigenvalue weighted by molar-refractivity contribution is 0.0630. The summed E-state index contributed by atoms with van der Waals surface area (Å²) in [6.45, 7) is 0.656. The fraction of sp³-hybridized carbons (Fsp3) is 0.286. The summed E-state index contributed by atoms with van der Waals surface area (Å²) in [5, 5.41) is 1.12. The highest BCUT2D eigenvalue weighted by Gasteiger charge is 2.43. The van der Waals surface area contributed by atoms with Crippen molar-refractivity contribution in [2.45, 2.75) is 12.6 Å². The van der Waals surface area contributed by atoms with Gasteiger partial charge in [0, 0.05) is 24.5 Å². The Morgan fingerprint density at radius 1 is 1.07 bits per heavy atom. The van der Waals surface area contributed by atoms with Crippen LogP contribution in [0.1, 0.15) is 27.8 Å². The SMILES string of the molecule is COc1cccc2c1C(=O)N1CCc3c([nH]c4cccc(OC)c34)[C@H]1N2C. The molecule has 6 nitrogen and oxygen atoms in total. The van der Waals surface area contributed by atoms with Gasteiger partial charge in [-0.05, 0) is 36.2 Å². The highest BCUT2D eigenvalue weighted by atomic mass is 16.5. The molecular formula is C21H21N3O3. The number of carbonyl (C=O) groups excluding carboxylic acids is 1. The Labute approximate surface area is 157 Å². The van der Waals surface area contributed by atoms with Gasteiger partial charge < -0.3 is 24.3 Å². The summed E-state index contributed by atoms with van der Waals surface area (Å²) in [4.78, 5) is 20.9. The van der Waals surface area contributed by atoms with Gasteiger partial charge in [-0.3, -0.25) is 4.79 Å². The van der Waals surface area contributed by atoms with Crippen LogP contribution in [0.25, 0.3) is 10.9 Å². The largest absolute Gasteiger partial charge is 0.496 e. The summed E-state index contributed by atoms with van der Waals surface area (Å²) < 4.78 is 11.1. The van der Waals surface area contributed by atoms with Crippen LogP contribution in [0.4, 0.5) is 5.69 Å². The van der Waals surface area contributed by atoms with Gasteiger partial charge in [0.15, 0.2) is 0 Å². The Balaban J connectivity index is 1.73. The van der Waals surface area contributed by atoms with Crippen LogP contribution in [0, 0.1) is 0 Å². The predicted octanol–water partition coefficient (Wildman–Crippen LogP) is 3.33. The van der Waals surface area contributed by atoms with Crippen molar-refractivity contribution in [2.75, 3.05) is 32.7 Å². The molecule has 1 N–H and O–H groups in total. The summed E-state index contributed by atoms with van der Waals surface area (Å²) >= 11 is 0. The summed E-state index contributed by atoms with van der Waals surface area (Å²) in [7, 11) is 5.33. The second kappa shape index (κ2) is 5.67. The monoisotopic (exact) mass is 363 g/mol. The number of aromatic nitrogens is 1. The van der Waals surface area contributed by atoms with Crippen molar-refractivity contribution in [1.82, 2.24) is 9.88 Å². The van der Waals surface area contributed by atoms with Crippen molar-refractivity contribution in [1.29, 1.82) is 0 Å². The number of rotatable bonds is 2. The van der Waals surface area contributed by atoms with Crippen molar-refractivity contribution in [3.05, 3.63) is 53.2 Å². The van der Waals surface area contributed by atoms with Crippen molar-refractivity contribution >= 4 is 22.5 Å². The van der Waals surface area contributed by atoms with Crippen molar-refractivity contribution in [3.8, 4) is 11.5 Å². The Hall–Kier alpha value is -3.15. The number of hydrogen-bond acceptors (Lipinski definition) is 4. The first-order valence-electron chi connectivity index (χ1n) is 9.04. The van der Waals surface area contributed by atoms with Gasteiger partial charge in [-0.2, -0.15) is 0 Å². The number of anilines is 1. The third-order valence-electron chi connectivity index (χ3n) is 5.74. The van der Waals surface area contributed by atoms with Crippen LogP contribution in [-0.4, -0.2) is 43.6 Å². The number of nitrogens with zero attached hydrogens (tertiary/aromatic N) is 2. The fourth-order valence-electron chi connectivity index (χ4n) is 4.55. The van der Waals surface area contributed by atoms with Gasteiger partial charge in [0.2, 0.25) is 0 Å². The molecule has 5 rings (SSSR count). The number of amides is 1. The first-order valence-corrected chi connectivity index (χ1v) is 9.04. The zero-order valence-electron chi connectivity index (χ0n) is 15.6. The topological polar surface area (TPSA) is 57.8 Å². The van der Waals surface area contributed by atoms with Crippen LogP contribution in [0.2, 0.25) is 0 Å². The highest BCUT2D eigenvalue weighted by Crippen LogP contribution is 2.46. The van der Waals surface area contributed by atoms with Gasteiger partial charge >= 0.3 is 0 Å². The number of methoxy groups -OCH3 is 2. The summed E-state index contributed by atoms with van der Waals surface area (Å²) in [6.07, 6.45) is 0.619. The molecule has 2 aliphatic rings. The zero-order valence-corrected chi connectivity index (χ0v) is 15.6. The van der Waals surface area contributed by atoms with Crippen LogP contribution in [0.5, 0.6) is 11.5 Å². The second-order valence-electron chi connectivity index (χ2n) is 6.99. The molecule has 6 heteroatoms. The van der Waals surface area contributed by atoms with E-state index in [4.69, 9.17) is 9.47 Å². The Morgan fingerprint density at radius 2 is 1.81 bits per heavy atom. The van der Waals surface area contributed by atoms with Crippen LogP contribution in [0.15, 0.2) is 36.4 Å². The quantitative estimate of drug-likeness (QED) is 0.759. The minimum atomic E-state index is -0.169. The van der Waals surface area contributed by atoms with Gasteiger partial charge in [-0.15, -0.1) is 0 Å². The first-order chi connectivity index (χ1) is 13.2. The number of fused-ring (bicyclic) bond motifs is 6. The average molecular weight is 363 g/mol. The molecule has 2 aliphatic heterocycles. The van der Waals surface area contributed by atoms with Crippen LogP contribution in [-0.2, 0) is 6.42 Å². The van der Waals surface area contributed by atoms with E-state index in [1.807, 2.05) is 42.3 Å². The lowest BCUT2D eigenvalue weighted by Gasteiger charge is -2.46. The molecule has 0 unspecified atom stereocenters. The van der Waals surface area contributed by atoms with Crippen LogP contribution < -0.4 is 14.4 Å². The number of H-pyrrole nitrogens is 1. The molecule has 0 saturated carbocycles. The number of aromatic amines is 1. The van der Waals surface area contributed by atoms with Gasteiger partial charge in [0.1, 0.15) is 23.2 Å². The van der Waals surface area contributed by atoms with E-state index in [1.54, 1.807) is 14.2 Å². The summed E-state index contributed by atoms with van der Waals surface area (Å²) in [5.41, 5.74) is 4.85. The maximum Gasteiger partial charge on any atom is 0.261 e. The molecule has 1 amide bonds. The standard InChI is InChI=1S/C21H21N3O3/c1-23-14-7-5-9-16(27-3)18(14)21(25)24-11-10-12-17-13(22-19(12)20(23)24)6-4-8-15(17)26-2/h4-9,20,22H,10-11H2,1-3H3/t20-/m0/s1. The van der Waals surface area contributed by atoms with E-state index in [1.165, 1.54) is 5.56 Å². The average Bonchev–Trinajstić information content (AvgIpc) is 3.09. The zero-order chi connectivity index (χ0) is 18.7. The Kier molecular flexibility index (Phi) is 3.37. The second-order valence-corrected chi connectivity index (χ2v) is 6.99. The van der Waals surface area contributed by atoms with Crippen LogP contribution >= 0.6 is 0 Å². The molecule has 0 saturated heterocycles. The molecule has 0 bridgehead atoms. The molecule has 0 aliphatic carbocycles. The van der Waals surface area contributed by atoms with Crippen molar-refractivity contribution in [2.24, 2.45) is 0 Å². The molecule has 138 valence electrons. The van der Waals surface area contributed by atoms with E-state index in [0.29, 0.717) is 17.9 Å². The molecule has 3 aromatic rings. The van der Waals surface area contributed by atoms with Gasteiger partial charge in [0.05, 0.1) is 25.6 Å². The first kappa shape index (κ1) is 16.1. The fourth-order valence-corrected chi connectivity index (χ4v) is 4.55. The van der Waals surface area contributed by atoms with Gasteiger partial charge in [-0.25, -0.2) is 0 Å². The molecule has 0 radical (unpaired) electrons. The van der Waals surface area contributed by atoms with Crippen LogP contribution in [0.3, 0.4) is 0 Å². The van der Waals surface area contributed by atoms with E-state index in [9.17, 15) is 4.79 Å². The van der Waals surface area contributed by atoms with Gasteiger partial charge in [0.25, 0.3) is 5.91 Å². The maximum absolute atomic E-state index is 13.3. The third-order valence-corrected chi connectivity index (χ3v) is 5.74. The minimum Gasteiger partial charge on any atom is -0.496 e. The maximum atomic E-state index is 13.3. The lowest BCUT2D eigenvalue weighted by Crippen LogP contribution is -2.51. The number of nitrogens with one attached hydrogen (secondary N) is 1. The van der Waals surface area contributed by atoms with E-state index in [2.05, 4.69) is 16.0 Å². The van der Waals surface area contributed by atoms with E-state index in [-0.39, 0.29) is 12.1 Å². The minimum absolute atomic E-state index is 0.0156. The van der Waals surface area contributed by atoms with E-state index >= 15 is 0 Å². The molecule has 0 fully saturated rings. The highest BCUT2D eigenvalue weighted by molar-refractivity contribution is 6.05. The smallest absolute Gasteiger partial charge is 0.261 e. The lowest BCUT2D eigenvalue weighted by atomic mass is 9.95. The summed E-state index contributed by atoms with van der Waals surface area (Å²) in [5.74, 6) is 1.50. The van der Waals surface area contributed by atoms with E-state index in [0.717, 1.165) is 34.5 Å². The third kappa shape index (κ3) is 2.04. The molecule has 2 aromatic carbocycles.